The highest BCUT2D eigenvalue weighted by atomic mass is 19.4. The topological polar surface area (TPSA) is 68.5 Å². The molecule has 2 saturated carbocycles. The molecule has 1 N–H and O–H groups in total. The second-order valence-electron chi connectivity index (χ2n) is 9.67. The SMILES string of the molecule is CC(C(=O)Nc1cn2cc(C(F)(F)F)ccc2n1)[C@H]1[C@@H]2C[C@H](Oc3ccnc4ccc(F)cc34)C[C@@H]21. The third kappa shape index (κ3) is 4.04. The maximum absolute atomic E-state index is 13.7. The molecule has 36 heavy (non-hydrogen) atoms. The van der Waals surface area contributed by atoms with Gasteiger partial charge in [0, 0.05) is 23.7 Å². The van der Waals surface area contributed by atoms with E-state index in [2.05, 4.69) is 15.3 Å². The monoisotopic (exact) mass is 498 g/mol. The molecule has 6 nitrogen and oxygen atoms in total. The number of ether oxygens (including phenoxy) is 1. The number of alkyl halides is 3. The summed E-state index contributed by atoms with van der Waals surface area (Å²) in [5, 5.41) is 3.39. The normalized spacial score (nSPS) is 24.0. The van der Waals surface area contributed by atoms with Crippen molar-refractivity contribution in [1.82, 2.24) is 14.4 Å². The van der Waals surface area contributed by atoms with E-state index in [0.717, 1.165) is 25.1 Å². The van der Waals surface area contributed by atoms with Gasteiger partial charge in [0.05, 0.1) is 23.4 Å². The molecule has 4 aromatic rings. The number of fused-ring (bicyclic) bond motifs is 3. The molecule has 0 aliphatic heterocycles. The summed E-state index contributed by atoms with van der Waals surface area (Å²) in [6, 6.07) is 8.39. The molecule has 2 fully saturated rings. The maximum Gasteiger partial charge on any atom is 0.417 e. The predicted octanol–water partition coefficient (Wildman–Crippen LogP) is 5.72. The highest BCUT2D eigenvalue weighted by Gasteiger charge is 2.59. The van der Waals surface area contributed by atoms with Gasteiger partial charge in [0.25, 0.3) is 0 Å². The average Bonchev–Trinajstić information content (AvgIpc) is 3.14. The quantitative estimate of drug-likeness (QED) is 0.358. The highest BCUT2D eigenvalue weighted by molar-refractivity contribution is 5.92. The molecule has 0 saturated heterocycles. The van der Waals surface area contributed by atoms with Crippen LogP contribution in [0.2, 0.25) is 0 Å². The lowest BCUT2D eigenvalue weighted by molar-refractivity contribution is -0.137. The summed E-state index contributed by atoms with van der Waals surface area (Å²) in [5.74, 6) is 0.927. The number of nitrogens with one attached hydrogen (secondary N) is 1. The number of nitrogens with zero attached hydrogens (tertiary/aromatic N) is 3. The minimum atomic E-state index is -4.46. The zero-order valence-corrected chi connectivity index (χ0v) is 19.2. The first kappa shape index (κ1) is 22.8. The number of benzene rings is 1. The number of pyridine rings is 2. The number of carbonyl (C=O) groups excluding carboxylic acids is 1. The molecule has 10 heteroatoms. The Balaban J connectivity index is 1.08. The molecule has 0 radical (unpaired) electrons. The smallest absolute Gasteiger partial charge is 0.417 e. The lowest BCUT2D eigenvalue weighted by Gasteiger charge is -2.20. The third-order valence-electron chi connectivity index (χ3n) is 7.45. The van der Waals surface area contributed by atoms with Crippen molar-refractivity contribution in [3.8, 4) is 5.75 Å². The fourth-order valence-corrected chi connectivity index (χ4v) is 5.69. The minimum absolute atomic E-state index is 0.0124. The van der Waals surface area contributed by atoms with Crippen LogP contribution in [0.4, 0.5) is 23.4 Å². The summed E-state index contributed by atoms with van der Waals surface area (Å²) >= 11 is 0. The number of rotatable bonds is 5. The van der Waals surface area contributed by atoms with E-state index < -0.39 is 11.7 Å². The highest BCUT2D eigenvalue weighted by Crippen LogP contribution is 2.61. The average molecular weight is 498 g/mol. The van der Waals surface area contributed by atoms with Crippen molar-refractivity contribution < 1.29 is 27.1 Å². The Hall–Kier alpha value is -3.69. The molecule has 186 valence electrons. The van der Waals surface area contributed by atoms with Crippen LogP contribution in [-0.2, 0) is 11.0 Å². The number of aromatic nitrogens is 3. The summed E-state index contributed by atoms with van der Waals surface area (Å²) in [5.41, 5.74) is 0.200. The van der Waals surface area contributed by atoms with Crippen molar-refractivity contribution >= 4 is 28.3 Å². The molecule has 1 unspecified atom stereocenters. The van der Waals surface area contributed by atoms with E-state index in [9.17, 15) is 22.4 Å². The molecule has 2 aliphatic carbocycles. The maximum atomic E-state index is 13.7. The Morgan fingerprint density at radius 2 is 1.92 bits per heavy atom. The van der Waals surface area contributed by atoms with Crippen LogP contribution in [0.1, 0.15) is 25.3 Å². The van der Waals surface area contributed by atoms with Gasteiger partial charge in [-0.3, -0.25) is 9.78 Å². The van der Waals surface area contributed by atoms with Crippen LogP contribution in [0, 0.1) is 29.5 Å². The van der Waals surface area contributed by atoms with E-state index in [1.807, 2.05) is 6.92 Å². The summed E-state index contributed by atoms with van der Waals surface area (Å²) in [6.45, 7) is 1.87. The van der Waals surface area contributed by atoms with Crippen LogP contribution in [0.25, 0.3) is 16.6 Å². The number of halogens is 4. The Kier molecular flexibility index (Phi) is 5.17. The van der Waals surface area contributed by atoms with Gasteiger partial charge in [0.15, 0.2) is 5.82 Å². The number of anilines is 1. The minimum Gasteiger partial charge on any atom is -0.490 e. The standard InChI is InChI=1S/C26H22F4N4O2/c1-13(25(35)33-22-12-34-11-14(26(28,29)30)2-5-23(34)32-22)24-17-9-16(10-18(17)24)36-21-6-7-31-20-4-3-15(27)8-19(20)21/h2-8,11-13,16-18,24H,9-10H2,1H3,(H,33,35)/t13?,16-,17+,18-,24-. The lowest BCUT2D eigenvalue weighted by Crippen LogP contribution is -2.25. The van der Waals surface area contributed by atoms with E-state index in [0.29, 0.717) is 34.1 Å². The summed E-state index contributed by atoms with van der Waals surface area (Å²) in [7, 11) is 0. The first-order valence-electron chi connectivity index (χ1n) is 11.7. The van der Waals surface area contributed by atoms with Crippen molar-refractivity contribution in [2.45, 2.75) is 32.0 Å². The van der Waals surface area contributed by atoms with Crippen LogP contribution in [0.3, 0.4) is 0 Å². The molecule has 3 aromatic heterocycles. The molecule has 0 spiro atoms. The largest absolute Gasteiger partial charge is 0.490 e. The van der Waals surface area contributed by atoms with Crippen molar-refractivity contribution in [3.05, 3.63) is 66.4 Å². The van der Waals surface area contributed by atoms with E-state index in [1.165, 1.54) is 28.8 Å². The van der Waals surface area contributed by atoms with Gasteiger partial charge in [0.2, 0.25) is 5.91 Å². The molecule has 2 aliphatic rings. The lowest BCUT2D eigenvalue weighted by atomic mass is 9.97. The van der Waals surface area contributed by atoms with Gasteiger partial charge in [-0.1, -0.05) is 6.92 Å². The molecule has 5 atom stereocenters. The van der Waals surface area contributed by atoms with Crippen LogP contribution in [-0.4, -0.2) is 26.4 Å². The van der Waals surface area contributed by atoms with Crippen LogP contribution >= 0.6 is 0 Å². The molecule has 6 rings (SSSR count). The van der Waals surface area contributed by atoms with Crippen molar-refractivity contribution in [1.29, 1.82) is 0 Å². The molecule has 3 heterocycles. The molecule has 0 bridgehead atoms. The van der Waals surface area contributed by atoms with Gasteiger partial charge in [-0.15, -0.1) is 0 Å². The van der Waals surface area contributed by atoms with E-state index in [1.54, 1.807) is 18.3 Å². The van der Waals surface area contributed by atoms with Gasteiger partial charge in [-0.25, -0.2) is 9.37 Å². The zero-order valence-electron chi connectivity index (χ0n) is 19.2. The van der Waals surface area contributed by atoms with Crippen LogP contribution in [0.5, 0.6) is 5.75 Å². The molecular formula is C26H22F4N4O2. The third-order valence-corrected chi connectivity index (χ3v) is 7.45. The Labute approximate surface area is 203 Å². The number of amides is 1. The molecule has 1 aromatic carbocycles. The predicted molar refractivity (Wildman–Crippen MR) is 124 cm³/mol. The number of imidazole rings is 1. The van der Waals surface area contributed by atoms with Crippen molar-refractivity contribution in [2.75, 3.05) is 5.32 Å². The fraction of sp³-hybridized carbons (Fsp3) is 0.346. The van der Waals surface area contributed by atoms with Crippen LogP contribution < -0.4 is 10.1 Å². The summed E-state index contributed by atoms with van der Waals surface area (Å²) < 4.78 is 60.0. The zero-order chi connectivity index (χ0) is 25.2. The second-order valence-corrected chi connectivity index (χ2v) is 9.67. The fourth-order valence-electron chi connectivity index (χ4n) is 5.69. The van der Waals surface area contributed by atoms with Gasteiger partial charge < -0.3 is 14.5 Å². The summed E-state index contributed by atoms with van der Waals surface area (Å²) in [4.78, 5) is 21.3. The Morgan fingerprint density at radius 3 is 2.67 bits per heavy atom. The molecule has 1 amide bonds. The van der Waals surface area contributed by atoms with E-state index >= 15 is 0 Å². The van der Waals surface area contributed by atoms with E-state index in [-0.39, 0.29) is 35.5 Å². The van der Waals surface area contributed by atoms with Crippen molar-refractivity contribution in [3.63, 3.8) is 0 Å². The van der Waals surface area contributed by atoms with Crippen molar-refractivity contribution in [2.24, 2.45) is 23.7 Å². The van der Waals surface area contributed by atoms with Gasteiger partial charge >= 0.3 is 6.18 Å². The number of hydrogen-bond acceptors (Lipinski definition) is 4. The Bertz CT molecular complexity index is 1470. The number of hydrogen-bond donors (Lipinski definition) is 1. The second kappa shape index (κ2) is 8.18. The number of carbonyl (C=O) groups is 1. The first-order valence-corrected chi connectivity index (χ1v) is 11.7. The van der Waals surface area contributed by atoms with Gasteiger partial charge in [-0.05, 0) is 67.0 Å². The summed E-state index contributed by atoms with van der Waals surface area (Å²) in [6.07, 6.45) is 1.12. The van der Waals surface area contributed by atoms with Crippen LogP contribution in [0.15, 0.2) is 55.0 Å². The van der Waals surface area contributed by atoms with Gasteiger partial charge in [0.1, 0.15) is 17.2 Å². The van der Waals surface area contributed by atoms with E-state index in [4.69, 9.17) is 4.74 Å². The first-order chi connectivity index (χ1) is 17.2. The Morgan fingerprint density at radius 1 is 1.14 bits per heavy atom. The van der Waals surface area contributed by atoms with Gasteiger partial charge in [-0.2, -0.15) is 13.2 Å². The molecular weight excluding hydrogens is 476 g/mol.